The fraction of sp³-hybridized carbons (Fsp3) is 0.667. The van der Waals surface area contributed by atoms with E-state index in [2.05, 4.69) is 9.51 Å². The molecule has 2 aliphatic rings. The predicted molar refractivity (Wildman–Crippen MR) is 83.9 cm³/mol. The van der Waals surface area contributed by atoms with Gasteiger partial charge < -0.3 is 39.1 Å². The first kappa shape index (κ1) is 18.3. The molecule has 3 heterocycles. The maximum absolute atomic E-state index is 12.0. The minimum absolute atomic E-state index is 0.199. The van der Waals surface area contributed by atoms with Crippen molar-refractivity contribution in [2.45, 2.75) is 24.5 Å². The smallest absolute Gasteiger partial charge is 0.387 e. The molecule has 0 aromatic carbocycles. The Morgan fingerprint density at radius 1 is 1.36 bits per heavy atom. The zero-order chi connectivity index (χ0) is 18.5. The van der Waals surface area contributed by atoms with Gasteiger partial charge in [0.2, 0.25) is 0 Å². The summed E-state index contributed by atoms with van der Waals surface area (Å²) in [6, 6.07) is 0. The second-order valence-corrected chi connectivity index (χ2v) is 7.21. The number of rotatable bonds is 4. The van der Waals surface area contributed by atoms with Crippen LogP contribution in [0.15, 0.2) is 11.1 Å². The first-order chi connectivity index (χ1) is 11.6. The van der Waals surface area contributed by atoms with Crippen LogP contribution in [0.4, 0.5) is 11.5 Å². The molecule has 4 atom stereocenters. The van der Waals surface area contributed by atoms with Gasteiger partial charge in [-0.15, -0.1) is 0 Å². The minimum Gasteiger partial charge on any atom is -0.387 e. The average molecular weight is 378 g/mol. The maximum Gasteiger partial charge on any atom is 0.469 e. The Bertz CT molecular complexity index is 766. The molecule has 0 unspecified atom stereocenters. The minimum atomic E-state index is -4.74. The van der Waals surface area contributed by atoms with Gasteiger partial charge in [-0.2, -0.15) is 4.98 Å². The molecule has 0 saturated carbocycles. The Morgan fingerprint density at radius 3 is 2.68 bits per heavy atom. The molecule has 0 radical (unpaired) electrons. The monoisotopic (exact) mass is 378 g/mol. The van der Waals surface area contributed by atoms with Gasteiger partial charge in [0.25, 0.3) is 5.56 Å². The van der Waals surface area contributed by atoms with E-state index >= 15 is 0 Å². The number of aromatic nitrogens is 2. The highest BCUT2D eigenvalue weighted by Gasteiger charge is 2.49. The van der Waals surface area contributed by atoms with Crippen LogP contribution < -0.4 is 15.4 Å². The number of nitrogens with zero attached hydrogens (tertiary/aromatic N) is 4. The number of hydrogen-bond donors (Lipinski definition) is 4. The first-order valence-electron chi connectivity index (χ1n) is 7.35. The van der Waals surface area contributed by atoms with E-state index in [-0.39, 0.29) is 6.67 Å². The third-order valence-corrected chi connectivity index (χ3v) is 4.65. The van der Waals surface area contributed by atoms with Crippen molar-refractivity contribution in [3.05, 3.63) is 16.7 Å². The molecule has 0 amide bonds. The molecule has 3 rings (SSSR count). The molecular weight excluding hydrogens is 359 g/mol. The van der Waals surface area contributed by atoms with Crippen molar-refractivity contribution in [1.82, 2.24) is 9.55 Å². The highest BCUT2D eigenvalue weighted by Crippen LogP contribution is 2.39. The zero-order valence-electron chi connectivity index (χ0n) is 13.5. The lowest BCUT2D eigenvalue weighted by Gasteiger charge is -2.29. The lowest BCUT2D eigenvalue weighted by Crippen LogP contribution is -2.46. The zero-order valence-corrected chi connectivity index (χ0v) is 14.4. The third kappa shape index (κ3) is 3.29. The molecule has 4 N–H and O–H groups in total. The summed E-state index contributed by atoms with van der Waals surface area (Å²) in [6.45, 7) is -0.393. The summed E-state index contributed by atoms with van der Waals surface area (Å²) in [5, 5.41) is 20.4. The fourth-order valence-corrected chi connectivity index (χ4v) is 3.39. The maximum atomic E-state index is 12.0. The van der Waals surface area contributed by atoms with Crippen LogP contribution in [-0.4, -0.2) is 74.4 Å². The van der Waals surface area contributed by atoms with Crippen LogP contribution in [0.2, 0.25) is 0 Å². The summed E-state index contributed by atoms with van der Waals surface area (Å²) in [5.41, 5.74) is -0.113. The number of aliphatic hydroxyl groups is 2. The van der Waals surface area contributed by atoms with Crippen LogP contribution in [-0.2, 0) is 20.9 Å². The summed E-state index contributed by atoms with van der Waals surface area (Å²) >= 11 is 0. The lowest BCUT2D eigenvalue weighted by atomic mass is 10.1. The van der Waals surface area contributed by atoms with Crippen molar-refractivity contribution in [3.8, 4) is 0 Å². The lowest BCUT2D eigenvalue weighted by molar-refractivity contribution is -0.0219. The molecule has 0 aliphatic carbocycles. The molecular formula is C12H19N4O8P. The van der Waals surface area contributed by atoms with Gasteiger partial charge in [-0.1, -0.05) is 0 Å². The third-order valence-electron chi connectivity index (χ3n) is 4.17. The van der Waals surface area contributed by atoms with Crippen molar-refractivity contribution >= 4 is 19.3 Å². The molecule has 25 heavy (non-hydrogen) atoms. The van der Waals surface area contributed by atoms with Gasteiger partial charge in [-0.25, -0.2) is 4.57 Å². The van der Waals surface area contributed by atoms with Gasteiger partial charge in [0.15, 0.2) is 6.23 Å². The molecule has 0 spiro atoms. The van der Waals surface area contributed by atoms with Crippen molar-refractivity contribution in [2.24, 2.45) is 7.05 Å². The van der Waals surface area contributed by atoms with E-state index in [1.807, 2.05) is 0 Å². The molecule has 0 bridgehead atoms. The van der Waals surface area contributed by atoms with Crippen molar-refractivity contribution in [1.29, 1.82) is 0 Å². The molecule has 140 valence electrons. The Balaban J connectivity index is 1.86. The fourth-order valence-electron chi connectivity index (χ4n) is 3.05. The van der Waals surface area contributed by atoms with E-state index < -0.39 is 44.5 Å². The van der Waals surface area contributed by atoms with Crippen molar-refractivity contribution in [3.63, 3.8) is 0 Å². The van der Waals surface area contributed by atoms with Crippen LogP contribution in [0.1, 0.15) is 0 Å². The van der Waals surface area contributed by atoms with Gasteiger partial charge in [0, 0.05) is 14.1 Å². The van der Waals surface area contributed by atoms with E-state index in [4.69, 9.17) is 14.5 Å². The summed E-state index contributed by atoms with van der Waals surface area (Å²) in [5.74, 6) is 0.454. The van der Waals surface area contributed by atoms with E-state index in [1.54, 1.807) is 28.5 Å². The van der Waals surface area contributed by atoms with Gasteiger partial charge >= 0.3 is 7.82 Å². The van der Waals surface area contributed by atoms with Gasteiger partial charge in [0.1, 0.15) is 36.1 Å². The summed E-state index contributed by atoms with van der Waals surface area (Å²) in [7, 11) is -1.39. The van der Waals surface area contributed by atoms with Crippen LogP contribution in [0.3, 0.4) is 0 Å². The molecule has 12 nitrogen and oxygen atoms in total. The second kappa shape index (κ2) is 6.32. The summed E-state index contributed by atoms with van der Waals surface area (Å²) in [6.07, 6.45) is -3.62. The van der Waals surface area contributed by atoms with Crippen molar-refractivity contribution < 1.29 is 33.8 Å². The van der Waals surface area contributed by atoms with E-state index in [9.17, 15) is 19.6 Å². The number of aliphatic hydroxyl groups excluding tert-OH is 2. The van der Waals surface area contributed by atoms with Crippen molar-refractivity contribution in [2.75, 3.05) is 30.1 Å². The number of fused-ring (bicyclic) bond motifs is 1. The van der Waals surface area contributed by atoms with Crippen LogP contribution in [0, 0.1) is 0 Å². The Hall–Kier alpha value is -1.53. The number of hydrogen-bond acceptors (Lipinski definition) is 9. The largest absolute Gasteiger partial charge is 0.469 e. The van der Waals surface area contributed by atoms with Gasteiger partial charge in [0.05, 0.1) is 13.3 Å². The van der Waals surface area contributed by atoms with Gasteiger partial charge in [-0.05, 0) is 0 Å². The van der Waals surface area contributed by atoms with Gasteiger partial charge in [-0.3, -0.25) is 9.32 Å². The van der Waals surface area contributed by atoms with Crippen LogP contribution in [0.25, 0.3) is 0 Å². The van der Waals surface area contributed by atoms with E-state index in [1.165, 1.54) is 6.33 Å². The first-order valence-corrected chi connectivity index (χ1v) is 8.88. The molecule has 1 fully saturated rings. The summed E-state index contributed by atoms with van der Waals surface area (Å²) in [4.78, 5) is 36.5. The molecule has 13 heteroatoms. The SMILES string of the molecule is CN1CN([C@@H]2O[C@H](COP(=O)(O)O)[C@@H](O)[C@H]2O)c2c1c(=O)ncn2C. The summed E-state index contributed by atoms with van der Waals surface area (Å²) < 4.78 is 22.3. The normalized spacial score (nSPS) is 29.4. The Kier molecular flexibility index (Phi) is 4.62. The Morgan fingerprint density at radius 2 is 2.04 bits per heavy atom. The predicted octanol–water partition coefficient (Wildman–Crippen LogP) is -2.45. The molecule has 1 aromatic rings. The number of anilines is 2. The quantitative estimate of drug-likeness (QED) is 0.412. The van der Waals surface area contributed by atoms with Crippen LogP contribution >= 0.6 is 7.82 Å². The van der Waals surface area contributed by atoms with E-state index in [0.29, 0.717) is 11.5 Å². The second-order valence-electron chi connectivity index (χ2n) is 5.97. The van der Waals surface area contributed by atoms with E-state index in [0.717, 1.165) is 0 Å². The number of phosphoric acid groups is 1. The average Bonchev–Trinajstić information content (AvgIpc) is 3.00. The molecule has 1 saturated heterocycles. The highest BCUT2D eigenvalue weighted by molar-refractivity contribution is 7.46. The molecule has 2 aliphatic heterocycles. The number of phosphoric ester groups is 1. The number of aryl methyl sites for hydroxylation is 1. The Labute approximate surface area is 142 Å². The van der Waals surface area contributed by atoms with Crippen LogP contribution in [0.5, 0.6) is 0 Å². The molecule has 1 aromatic heterocycles. The number of ether oxygens (including phenoxy) is 1. The topological polar surface area (TPSA) is 158 Å². The highest BCUT2D eigenvalue weighted by atomic mass is 31.2. The standard InChI is InChI=1S/C12H19N4O8P/c1-14-4-13-10(19)7-11(14)16(5-15(7)2)12-9(18)8(17)6(24-12)3-23-25(20,21)22/h4,6,8-9,12,17-18H,3,5H2,1-2H3,(H2,20,21,22)/t6-,8-,9-,12-/m1/s1.